The molecule has 130 valence electrons. The number of nitrogens with two attached hydrogens (primary N) is 1. The van der Waals surface area contributed by atoms with Crippen LogP contribution in [-0.4, -0.2) is 30.5 Å². The summed E-state index contributed by atoms with van der Waals surface area (Å²) in [5.41, 5.74) is 10.3. The Morgan fingerprint density at radius 3 is 2.36 bits per heavy atom. The molecule has 0 saturated heterocycles. The molecule has 8 heteroatoms. The maximum Gasteiger partial charge on any atom is 0.172 e. The summed E-state index contributed by atoms with van der Waals surface area (Å²) in [6.07, 6.45) is 1.74. The van der Waals surface area contributed by atoms with Gasteiger partial charge in [-0.25, -0.2) is 0 Å². The Labute approximate surface area is 149 Å². The fourth-order valence-electron chi connectivity index (χ4n) is 2.98. The van der Waals surface area contributed by atoms with E-state index in [1.807, 2.05) is 20.9 Å². The second-order valence-corrected chi connectivity index (χ2v) is 6.13. The largest absolute Gasteiger partial charge is 0.508 e. The molecule has 3 aromatic rings. The molecule has 3 rings (SSSR count). The summed E-state index contributed by atoms with van der Waals surface area (Å²) in [7, 11) is 1.82. The van der Waals surface area contributed by atoms with Crippen molar-refractivity contribution in [3.63, 3.8) is 0 Å². The first-order valence-electron chi connectivity index (χ1n) is 7.53. The summed E-state index contributed by atoms with van der Waals surface area (Å²) >= 11 is 6.59. The van der Waals surface area contributed by atoms with Crippen LogP contribution in [0.25, 0.3) is 17.1 Å². The highest BCUT2D eigenvalue weighted by molar-refractivity contribution is 6.32. The standard InChI is InChI=1S/C17H18ClN5O2/c1-9-8-20-22(3)14(9)15-13(17(19)21-25)10(2)16(18)23(15)11-4-6-12(24)7-5-11/h4-8,24-25H,1-3H3,(H2,19,21). The van der Waals surface area contributed by atoms with Crippen LogP contribution in [0.15, 0.2) is 35.6 Å². The molecule has 25 heavy (non-hydrogen) atoms. The van der Waals surface area contributed by atoms with Crippen LogP contribution in [0.2, 0.25) is 5.15 Å². The lowest BCUT2D eigenvalue weighted by Gasteiger charge is -2.14. The Hall–Kier alpha value is -2.93. The number of aromatic nitrogens is 3. The third kappa shape index (κ3) is 2.62. The predicted octanol–water partition coefficient (Wildman–Crippen LogP) is 2.95. The average Bonchev–Trinajstić information content (AvgIpc) is 3.05. The van der Waals surface area contributed by atoms with Crippen molar-refractivity contribution >= 4 is 17.4 Å². The van der Waals surface area contributed by atoms with Gasteiger partial charge in [0.05, 0.1) is 23.1 Å². The summed E-state index contributed by atoms with van der Waals surface area (Å²) < 4.78 is 3.51. The van der Waals surface area contributed by atoms with Gasteiger partial charge in [0.25, 0.3) is 0 Å². The summed E-state index contributed by atoms with van der Waals surface area (Å²) in [5, 5.41) is 26.7. The fourth-order valence-corrected chi connectivity index (χ4v) is 3.25. The predicted molar refractivity (Wildman–Crippen MR) is 96.6 cm³/mol. The molecule has 0 aliphatic heterocycles. The molecule has 0 aliphatic carbocycles. The Bertz CT molecular complexity index is 951. The normalized spacial score (nSPS) is 11.9. The van der Waals surface area contributed by atoms with Crippen molar-refractivity contribution in [3.8, 4) is 22.8 Å². The van der Waals surface area contributed by atoms with Gasteiger partial charge in [0.2, 0.25) is 0 Å². The van der Waals surface area contributed by atoms with Crippen molar-refractivity contribution in [1.29, 1.82) is 0 Å². The Morgan fingerprint density at radius 2 is 1.84 bits per heavy atom. The number of phenols is 1. The zero-order valence-electron chi connectivity index (χ0n) is 14.0. The number of aromatic hydroxyl groups is 1. The van der Waals surface area contributed by atoms with E-state index >= 15 is 0 Å². The van der Waals surface area contributed by atoms with Crippen molar-refractivity contribution in [2.45, 2.75) is 13.8 Å². The molecule has 0 fully saturated rings. The molecule has 0 saturated carbocycles. The van der Waals surface area contributed by atoms with E-state index < -0.39 is 0 Å². The summed E-state index contributed by atoms with van der Waals surface area (Å²) in [4.78, 5) is 0. The Morgan fingerprint density at radius 1 is 1.20 bits per heavy atom. The molecule has 7 nitrogen and oxygen atoms in total. The molecule has 0 spiro atoms. The zero-order valence-corrected chi connectivity index (χ0v) is 14.8. The van der Waals surface area contributed by atoms with Gasteiger partial charge in [-0.05, 0) is 49.2 Å². The van der Waals surface area contributed by atoms with Crippen LogP contribution in [0.5, 0.6) is 5.75 Å². The topological polar surface area (TPSA) is 102 Å². The summed E-state index contributed by atoms with van der Waals surface area (Å²) in [5.74, 6) is 0.117. The van der Waals surface area contributed by atoms with Gasteiger partial charge in [-0.1, -0.05) is 16.8 Å². The van der Waals surface area contributed by atoms with Crippen molar-refractivity contribution < 1.29 is 10.3 Å². The summed E-state index contributed by atoms with van der Waals surface area (Å²) in [6, 6.07) is 6.63. The van der Waals surface area contributed by atoms with Gasteiger partial charge in [-0.2, -0.15) is 5.10 Å². The SMILES string of the molecule is Cc1cnn(C)c1-c1c(C(N)=NO)c(C)c(Cl)n1-c1ccc(O)cc1. The first kappa shape index (κ1) is 16.9. The number of rotatable bonds is 3. The highest BCUT2D eigenvalue weighted by Gasteiger charge is 2.27. The molecule has 0 aliphatic rings. The summed E-state index contributed by atoms with van der Waals surface area (Å²) in [6.45, 7) is 3.73. The molecule has 0 bridgehead atoms. The smallest absolute Gasteiger partial charge is 0.172 e. The van der Waals surface area contributed by atoms with Crippen LogP contribution in [0.4, 0.5) is 0 Å². The van der Waals surface area contributed by atoms with Gasteiger partial charge in [0, 0.05) is 12.7 Å². The van der Waals surface area contributed by atoms with Gasteiger partial charge < -0.3 is 16.0 Å². The number of hydrogen-bond acceptors (Lipinski definition) is 4. The molecule has 2 aromatic heterocycles. The number of halogens is 1. The number of oxime groups is 1. The lowest BCUT2D eigenvalue weighted by molar-refractivity contribution is 0.318. The lowest BCUT2D eigenvalue weighted by Crippen LogP contribution is -2.16. The maximum atomic E-state index is 9.57. The molecular weight excluding hydrogens is 342 g/mol. The maximum absolute atomic E-state index is 9.57. The number of benzene rings is 1. The van der Waals surface area contributed by atoms with Gasteiger partial charge in [0.1, 0.15) is 10.9 Å². The molecule has 0 amide bonds. The highest BCUT2D eigenvalue weighted by atomic mass is 35.5. The minimum atomic E-state index is -0.0347. The van der Waals surface area contributed by atoms with E-state index in [9.17, 15) is 10.3 Å². The van der Waals surface area contributed by atoms with E-state index in [0.717, 1.165) is 16.9 Å². The minimum Gasteiger partial charge on any atom is -0.508 e. The molecule has 0 atom stereocenters. The van der Waals surface area contributed by atoms with Crippen LogP contribution >= 0.6 is 11.6 Å². The van der Waals surface area contributed by atoms with E-state index in [0.29, 0.717) is 22.0 Å². The van der Waals surface area contributed by atoms with Gasteiger partial charge in [-0.15, -0.1) is 0 Å². The van der Waals surface area contributed by atoms with Crippen molar-refractivity contribution in [3.05, 3.63) is 52.3 Å². The van der Waals surface area contributed by atoms with Crippen LogP contribution in [0.1, 0.15) is 16.7 Å². The second-order valence-electron chi connectivity index (χ2n) is 5.78. The van der Waals surface area contributed by atoms with Gasteiger partial charge in [-0.3, -0.25) is 9.25 Å². The molecule has 0 unspecified atom stereocenters. The van der Waals surface area contributed by atoms with Crippen LogP contribution < -0.4 is 5.73 Å². The first-order chi connectivity index (χ1) is 11.9. The van der Waals surface area contributed by atoms with E-state index in [-0.39, 0.29) is 11.6 Å². The fraction of sp³-hybridized carbons (Fsp3) is 0.176. The van der Waals surface area contributed by atoms with Crippen LogP contribution in [-0.2, 0) is 7.05 Å². The molecule has 4 N–H and O–H groups in total. The second kappa shape index (κ2) is 6.18. The Kier molecular flexibility index (Phi) is 4.18. The van der Waals surface area contributed by atoms with Gasteiger partial charge in [0.15, 0.2) is 5.84 Å². The van der Waals surface area contributed by atoms with Crippen molar-refractivity contribution in [1.82, 2.24) is 14.3 Å². The molecule has 2 heterocycles. The van der Waals surface area contributed by atoms with E-state index in [1.54, 1.807) is 39.7 Å². The average molecular weight is 360 g/mol. The van der Waals surface area contributed by atoms with E-state index in [1.165, 1.54) is 0 Å². The number of nitrogens with zero attached hydrogens (tertiary/aromatic N) is 4. The number of amidine groups is 1. The van der Waals surface area contributed by atoms with E-state index in [2.05, 4.69) is 10.3 Å². The first-order valence-corrected chi connectivity index (χ1v) is 7.91. The Balaban J connectivity index is 2.45. The van der Waals surface area contributed by atoms with E-state index in [4.69, 9.17) is 17.3 Å². The highest BCUT2D eigenvalue weighted by Crippen LogP contribution is 2.38. The number of hydrogen-bond donors (Lipinski definition) is 3. The van der Waals surface area contributed by atoms with Crippen LogP contribution in [0.3, 0.4) is 0 Å². The number of aryl methyl sites for hydroxylation is 2. The monoisotopic (exact) mass is 359 g/mol. The minimum absolute atomic E-state index is 0.0347. The lowest BCUT2D eigenvalue weighted by atomic mass is 10.1. The van der Waals surface area contributed by atoms with Crippen molar-refractivity contribution in [2.24, 2.45) is 17.9 Å². The molecule has 0 radical (unpaired) electrons. The van der Waals surface area contributed by atoms with Gasteiger partial charge >= 0.3 is 0 Å². The molecular formula is C17H18ClN5O2. The van der Waals surface area contributed by atoms with Crippen LogP contribution in [0, 0.1) is 13.8 Å². The third-order valence-electron chi connectivity index (χ3n) is 4.16. The quantitative estimate of drug-likeness (QED) is 0.289. The third-order valence-corrected chi connectivity index (χ3v) is 4.61. The zero-order chi connectivity index (χ0) is 18.3. The van der Waals surface area contributed by atoms with Crippen molar-refractivity contribution in [2.75, 3.05) is 0 Å². The number of phenolic OH excluding ortho intramolecular Hbond substituents is 1. The molecule has 1 aromatic carbocycles.